The Morgan fingerprint density at radius 3 is 2.32 bits per heavy atom. The molecule has 1 unspecified atom stereocenters. The van der Waals surface area contributed by atoms with E-state index >= 15 is 0 Å². The van der Waals surface area contributed by atoms with E-state index < -0.39 is 0 Å². The molecule has 0 aliphatic heterocycles. The topological polar surface area (TPSA) is 38.0 Å². The summed E-state index contributed by atoms with van der Waals surface area (Å²) >= 11 is 0. The second-order valence-electron chi connectivity index (χ2n) is 6.17. The Morgan fingerprint density at radius 2 is 1.74 bits per heavy atom. The van der Waals surface area contributed by atoms with Gasteiger partial charge in [0.1, 0.15) is 0 Å². The Hall–Kier alpha value is -0.860. The summed E-state index contributed by atoms with van der Waals surface area (Å²) in [7, 11) is 0. The van der Waals surface area contributed by atoms with Gasteiger partial charge in [0.15, 0.2) is 0 Å². The highest BCUT2D eigenvalue weighted by molar-refractivity contribution is 5.27. The zero-order valence-corrected chi connectivity index (χ0v) is 12.4. The summed E-state index contributed by atoms with van der Waals surface area (Å²) in [5, 5.41) is 3.40. The highest BCUT2D eigenvalue weighted by Crippen LogP contribution is 2.32. The van der Waals surface area contributed by atoms with E-state index in [0.717, 1.165) is 12.5 Å². The number of hydrogen-bond acceptors (Lipinski definition) is 2. The summed E-state index contributed by atoms with van der Waals surface area (Å²) in [6.07, 6.45) is 6.93. The van der Waals surface area contributed by atoms with E-state index in [1.54, 1.807) is 0 Å². The molecule has 1 aliphatic carbocycles. The van der Waals surface area contributed by atoms with Gasteiger partial charge in [-0.25, -0.2) is 0 Å². The molecule has 0 radical (unpaired) electrons. The molecule has 106 valence electrons. The zero-order chi connectivity index (χ0) is 13.7. The van der Waals surface area contributed by atoms with Crippen LogP contribution in [0.15, 0.2) is 24.3 Å². The second kappa shape index (κ2) is 7.06. The maximum Gasteiger partial charge on any atom is 0.0421 e. The van der Waals surface area contributed by atoms with Gasteiger partial charge in [-0.05, 0) is 29.9 Å². The van der Waals surface area contributed by atoms with Gasteiger partial charge >= 0.3 is 0 Å². The summed E-state index contributed by atoms with van der Waals surface area (Å²) in [6.45, 7) is 5.15. The molecule has 2 heteroatoms. The van der Waals surface area contributed by atoms with Crippen molar-refractivity contribution in [3.63, 3.8) is 0 Å². The van der Waals surface area contributed by atoms with Crippen LogP contribution in [0.2, 0.25) is 0 Å². The Bertz CT molecular complexity index is 363. The number of nitrogens with two attached hydrogens (primary N) is 1. The smallest absolute Gasteiger partial charge is 0.0421 e. The van der Waals surface area contributed by atoms with Crippen LogP contribution in [-0.4, -0.2) is 12.6 Å². The molecule has 19 heavy (non-hydrogen) atoms. The van der Waals surface area contributed by atoms with Gasteiger partial charge in [0, 0.05) is 18.6 Å². The van der Waals surface area contributed by atoms with Crippen LogP contribution in [-0.2, 0) is 0 Å². The highest BCUT2D eigenvalue weighted by atomic mass is 14.9. The molecule has 0 bridgehead atoms. The van der Waals surface area contributed by atoms with Crippen LogP contribution in [0.25, 0.3) is 0 Å². The molecular weight excluding hydrogens is 232 g/mol. The largest absolute Gasteiger partial charge is 0.323 e. The predicted octanol–water partition coefficient (Wildman–Crippen LogP) is 3.73. The first kappa shape index (κ1) is 14.5. The van der Waals surface area contributed by atoms with Crippen LogP contribution in [0.4, 0.5) is 0 Å². The lowest BCUT2D eigenvalue weighted by atomic mass is 9.84. The molecule has 3 N–H and O–H groups in total. The molecule has 0 aromatic heterocycles. The van der Waals surface area contributed by atoms with Crippen LogP contribution < -0.4 is 11.1 Å². The maximum absolute atomic E-state index is 6.21. The summed E-state index contributed by atoms with van der Waals surface area (Å²) in [5.74, 6) is 0.785. The molecule has 0 spiro atoms. The number of nitrogens with one attached hydrogen (secondary N) is 1. The third kappa shape index (κ3) is 4.32. The molecule has 1 aliphatic rings. The molecule has 2 rings (SSSR count). The minimum atomic E-state index is 0.0998. The van der Waals surface area contributed by atoms with Gasteiger partial charge in [-0.3, -0.25) is 0 Å². The molecule has 1 fully saturated rings. The minimum Gasteiger partial charge on any atom is -0.323 e. The van der Waals surface area contributed by atoms with Gasteiger partial charge in [-0.2, -0.15) is 0 Å². The van der Waals surface area contributed by atoms with E-state index in [0.29, 0.717) is 6.04 Å². The Morgan fingerprint density at radius 1 is 1.11 bits per heavy atom. The van der Waals surface area contributed by atoms with E-state index in [4.69, 9.17) is 5.73 Å². The van der Waals surface area contributed by atoms with Crippen molar-refractivity contribution in [2.45, 2.75) is 64.0 Å². The molecule has 1 aromatic rings. The minimum absolute atomic E-state index is 0.0998. The Kier molecular flexibility index (Phi) is 5.41. The number of benzene rings is 1. The summed E-state index contributed by atoms with van der Waals surface area (Å²) in [5.41, 5.74) is 8.96. The molecule has 1 aromatic carbocycles. The number of rotatable bonds is 5. The van der Waals surface area contributed by atoms with Crippen LogP contribution in [0, 0.1) is 0 Å². The van der Waals surface area contributed by atoms with Gasteiger partial charge in [-0.15, -0.1) is 0 Å². The Labute approximate surface area is 117 Å². The lowest BCUT2D eigenvalue weighted by molar-refractivity contribution is 0.443. The first-order valence-corrected chi connectivity index (χ1v) is 7.75. The van der Waals surface area contributed by atoms with E-state index in [-0.39, 0.29) is 6.04 Å². The Balaban J connectivity index is 1.93. The molecule has 2 nitrogen and oxygen atoms in total. The van der Waals surface area contributed by atoms with Gasteiger partial charge in [0.05, 0.1) is 0 Å². The van der Waals surface area contributed by atoms with E-state index in [1.165, 1.54) is 43.2 Å². The lowest BCUT2D eigenvalue weighted by Gasteiger charge is -2.22. The van der Waals surface area contributed by atoms with Crippen molar-refractivity contribution in [3.05, 3.63) is 35.4 Å². The van der Waals surface area contributed by atoms with Gasteiger partial charge in [-0.1, -0.05) is 57.4 Å². The lowest BCUT2D eigenvalue weighted by Crippen LogP contribution is -2.31. The molecule has 0 heterocycles. The monoisotopic (exact) mass is 260 g/mol. The van der Waals surface area contributed by atoms with Crippen LogP contribution in [0.5, 0.6) is 0 Å². The third-order valence-corrected chi connectivity index (χ3v) is 4.19. The molecular formula is C17H28N2. The van der Waals surface area contributed by atoms with Gasteiger partial charge in [0.2, 0.25) is 0 Å². The van der Waals surface area contributed by atoms with Crippen molar-refractivity contribution in [2.75, 3.05) is 6.54 Å². The summed E-state index contributed by atoms with van der Waals surface area (Å²) in [4.78, 5) is 0. The fraction of sp³-hybridized carbons (Fsp3) is 0.647. The van der Waals surface area contributed by atoms with E-state index in [2.05, 4.69) is 43.4 Å². The highest BCUT2D eigenvalue weighted by Gasteiger charge is 2.15. The third-order valence-electron chi connectivity index (χ3n) is 4.19. The van der Waals surface area contributed by atoms with Crippen LogP contribution in [0.3, 0.4) is 0 Å². The molecule has 0 amide bonds. The maximum atomic E-state index is 6.21. The second-order valence-corrected chi connectivity index (χ2v) is 6.17. The van der Waals surface area contributed by atoms with Crippen LogP contribution >= 0.6 is 0 Å². The van der Waals surface area contributed by atoms with Gasteiger partial charge < -0.3 is 11.1 Å². The first-order chi connectivity index (χ1) is 9.16. The van der Waals surface area contributed by atoms with Gasteiger partial charge in [0.25, 0.3) is 0 Å². The van der Waals surface area contributed by atoms with Crippen molar-refractivity contribution in [3.8, 4) is 0 Å². The quantitative estimate of drug-likeness (QED) is 0.846. The molecule has 1 atom stereocenters. The van der Waals surface area contributed by atoms with E-state index in [9.17, 15) is 0 Å². The SMILES string of the molecule is CC(C)NCC(N)c1ccc(C2CCCCC2)cc1. The fourth-order valence-corrected chi connectivity index (χ4v) is 2.93. The fourth-order valence-electron chi connectivity index (χ4n) is 2.93. The van der Waals surface area contributed by atoms with Crippen molar-refractivity contribution < 1.29 is 0 Å². The summed E-state index contributed by atoms with van der Waals surface area (Å²) < 4.78 is 0. The normalized spacial score (nSPS) is 18.7. The average Bonchev–Trinajstić information content (AvgIpc) is 2.46. The van der Waals surface area contributed by atoms with E-state index in [1.807, 2.05) is 0 Å². The standard InChI is InChI=1S/C17H28N2/c1-13(2)19-12-17(18)16-10-8-15(9-11-16)14-6-4-3-5-7-14/h8-11,13-14,17,19H,3-7,12,18H2,1-2H3. The van der Waals surface area contributed by atoms with Crippen molar-refractivity contribution in [2.24, 2.45) is 5.73 Å². The van der Waals surface area contributed by atoms with Crippen molar-refractivity contribution in [1.82, 2.24) is 5.32 Å². The van der Waals surface area contributed by atoms with Crippen molar-refractivity contribution >= 4 is 0 Å². The number of hydrogen-bond donors (Lipinski definition) is 2. The predicted molar refractivity (Wildman–Crippen MR) is 82.3 cm³/mol. The first-order valence-electron chi connectivity index (χ1n) is 7.75. The molecule has 0 saturated heterocycles. The zero-order valence-electron chi connectivity index (χ0n) is 12.4. The van der Waals surface area contributed by atoms with Crippen LogP contribution in [0.1, 0.15) is 69.0 Å². The molecule has 1 saturated carbocycles. The average molecular weight is 260 g/mol. The van der Waals surface area contributed by atoms with Crippen molar-refractivity contribution in [1.29, 1.82) is 0 Å². The summed E-state index contributed by atoms with van der Waals surface area (Å²) in [6, 6.07) is 9.62.